The van der Waals surface area contributed by atoms with Crippen LogP contribution in [0.2, 0.25) is 0 Å². The van der Waals surface area contributed by atoms with Crippen LogP contribution in [0.3, 0.4) is 0 Å². The molecule has 1 N–H and O–H groups in total. The van der Waals surface area contributed by atoms with Gasteiger partial charge in [0, 0.05) is 0 Å². The maximum atomic E-state index is 11.5. The Hall–Kier alpha value is -3.13. The molecule has 0 unspecified atom stereocenters. The number of hydrogen-bond donors (Lipinski definition) is 1. The van der Waals surface area contributed by atoms with Gasteiger partial charge >= 0.3 is 0 Å². The van der Waals surface area contributed by atoms with Gasteiger partial charge in [-0.3, -0.25) is 4.79 Å². The van der Waals surface area contributed by atoms with E-state index in [0.717, 1.165) is 5.56 Å². The molecule has 21 heavy (non-hydrogen) atoms. The fourth-order valence-electron chi connectivity index (χ4n) is 1.52. The smallest absolute Gasteiger partial charge is 0.277 e. The van der Waals surface area contributed by atoms with Crippen molar-refractivity contribution < 1.29 is 9.53 Å². The van der Waals surface area contributed by atoms with E-state index in [2.05, 4.69) is 10.5 Å². The largest absolute Gasteiger partial charge is 0.484 e. The summed E-state index contributed by atoms with van der Waals surface area (Å²) in [4.78, 5) is 11.5. The van der Waals surface area contributed by atoms with Crippen LogP contribution in [0.5, 0.6) is 5.75 Å². The SMILES string of the molecule is N#Cc1ccc(C=NNC(=O)COc2ccccc2)cc1. The maximum Gasteiger partial charge on any atom is 0.277 e. The molecule has 0 heterocycles. The summed E-state index contributed by atoms with van der Waals surface area (Å²) in [5.41, 5.74) is 3.74. The number of nitrogens with zero attached hydrogens (tertiary/aromatic N) is 2. The molecule has 0 saturated carbocycles. The standard InChI is InChI=1S/C16H13N3O2/c17-10-13-6-8-14(9-7-13)11-18-19-16(20)12-21-15-4-2-1-3-5-15/h1-9,11H,12H2,(H,19,20). The summed E-state index contributed by atoms with van der Waals surface area (Å²) >= 11 is 0. The van der Waals surface area contributed by atoms with E-state index in [-0.39, 0.29) is 12.5 Å². The number of rotatable bonds is 5. The number of carbonyl (C=O) groups excluding carboxylic acids is 1. The molecular formula is C16H13N3O2. The third-order valence-electron chi connectivity index (χ3n) is 2.56. The second kappa shape index (κ2) is 7.46. The molecule has 2 aromatic carbocycles. The molecule has 0 aliphatic rings. The number of nitrogens with one attached hydrogen (secondary N) is 1. The van der Waals surface area contributed by atoms with Crippen molar-refractivity contribution in [2.24, 2.45) is 5.10 Å². The van der Waals surface area contributed by atoms with Gasteiger partial charge in [-0.15, -0.1) is 0 Å². The topological polar surface area (TPSA) is 74.5 Å². The molecule has 1 amide bonds. The predicted octanol–water partition coefficient (Wildman–Crippen LogP) is 2.09. The summed E-state index contributed by atoms with van der Waals surface area (Å²) in [6.45, 7) is -0.102. The summed E-state index contributed by atoms with van der Waals surface area (Å²) in [5.74, 6) is 0.285. The van der Waals surface area contributed by atoms with E-state index in [1.165, 1.54) is 6.21 Å². The second-order valence-corrected chi connectivity index (χ2v) is 4.13. The summed E-state index contributed by atoms with van der Waals surface area (Å²) in [5, 5.41) is 12.5. The molecule has 0 bridgehead atoms. The van der Waals surface area contributed by atoms with E-state index in [0.29, 0.717) is 11.3 Å². The van der Waals surface area contributed by atoms with Crippen molar-refractivity contribution in [2.75, 3.05) is 6.61 Å². The number of ether oxygens (including phenoxy) is 1. The van der Waals surface area contributed by atoms with E-state index in [9.17, 15) is 4.79 Å². The number of benzene rings is 2. The van der Waals surface area contributed by atoms with E-state index in [1.54, 1.807) is 36.4 Å². The Bertz CT molecular complexity index is 658. The lowest BCUT2D eigenvalue weighted by molar-refractivity contribution is -0.123. The van der Waals surface area contributed by atoms with Gasteiger partial charge in [0.15, 0.2) is 6.61 Å². The van der Waals surface area contributed by atoms with Crippen molar-refractivity contribution in [1.82, 2.24) is 5.43 Å². The van der Waals surface area contributed by atoms with E-state index >= 15 is 0 Å². The normalized spacial score (nSPS) is 10.0. The number of hydrazone groups is 1. The number of nitriles is 1. The zero-order valence-electron chi connectivity index (χ0n) is 11.2. The molecule has 0 fully saturated rings. The molecule has 0 aliphatic heterocycles. The third kappa shape index (κ3) is 4.80. The van der Waals surface area contributed by atoms with Gasteiger partial charge in [0.05, 0.1) is 17.8 Å². The van der Waals surface area contributed by atoms with Crippen molar-refractivity contribution >= 4 is 12.1 Å². The van der Waals surface area contributed by atoms with Crippen molar-refractivity contribution in [1.29, 1.82) is 5.26 Å². The zero-order chi connectivity index (χ0) is 14.9. The second-order valence-electron chi connectivity index (χ2n) is 4.13. The highest BCUT2D eigenvalue weighted by Gasteiger charge is 2.00. The first-order chi connectivity index (χ1) is 10.3. The van der Waals surface area contributed by atoms with Crippen LogP contribution < -0.4 is 10.2 Å². The average molecular weight is 279 g/mol. The molecule has 2 rings (SSSR count). The van der Waals surface area contributed by atoms with Crippen LogP contribution in [-0.2, 0) is 4.79 Å². The van der Waals surface area contributed by atoms with Crippen LogP contribution in [0.1, 0.15) is 11.1 Å². The van der Waals surface area contributed by atoms with Crippen LogP contribution in [0.4, 0.5) is 0 Å². The number of para-hydroxylation sites is 1. The molecule has 0 aliphatic carbocycles. The minimum atomic E-state index is -0.344. The Balaban J connectivity index is 1.78. The first-order valence-electron chi connectivity index (χ1n) is 6.28. The first-order valence-corrected chi connectivity index (χ1v) is 6.28. The molecule has 104 valence electrons. The molecule has 0 spiro atoms. The van der Waals surface area contributed by atoms with Gasteiger partial charge in [0.25, 0.3) is 5.91 Å². The molecule has 5 heteroatoms. The van der Waals surface area contributed by atoms with E-state index in [1.807, 2.05) is 24.3 Å². The van der Waals surface area contributed by atoms with Crippen molar-refractivity contribution in [3.05, 3.63) is 65.7 Å². The molecule has 2 aromatic rings. The molecule has 0 aromatic heterocycles. The average Bonchev–Trinajstić information content (AvgIpc) is 2.54. The van der Waals surface area contributed by atoms with Crippen LogP contribution >= 0.6 is 0 Å². The Morgan fingerprint density at radius 1 is 1.19 bits per heavy atom. The summed E-state index contributed by atoms with van der Waals surface area (Å²) in [6, 6.07) is 18.0. The van der Waals surface area contributed by atoms with Gasteiger partial charge in [0.2, 0.25) is 0 Å². The molecule has 5 nitrogen and oxygen atoms in total. The summed E-state index contributed by atoms with van der Waals surface area (Å²) < 4.78 is 5.28. The molecule has 0 radical (unpaired) electrons. The van der Waals surface area contributed by atoms with Gasteiger partial charge in [-0.25, -0.2) is 5.43 Å². The van der Waals surface area contributed by atoms with Crippen LogP contribution in [0.15, 0.2) is 59.7 Å². The van der Waals surface area contributed by atoms with Gasteiger partial charge in [-0.1, -0.05) is 30.3 Å². The predicted molar refractivity (Wildman–Crippen MR) is 78.8 cm³/mol. The number of hydrogen-bond acceptors (Lipinski definition) is 4. The molecular weight excluding hydrogens is 266 g/mol. The Morgan fingerprint density at radius 3 is 2.57 bits per heavy atom. The van der Waals surface area contributed by atoms with Crippen molar-refractivity contribution in [3.8, 4) is 11.8 Å². The first kappa shape index (κ1) is 14.3. The van der Waals surface area contributed by atoms with Gasteiger partial charge < -0.3 is 4.74 Å². The van der Waals surface area contributed by atoms with Gasteiger partial charge in [-0.2, -0.15) is 10.4 Å². The van der Waals surface area contributed by atoms with E-state index < -0.39 is 0 Å². The number of carbonyl (C=O) groups is 1. The maximum absolute atomic E-state index is 11.5. The van der Waals surface area contributed by atoms with Gasteiger partial charge in [-0.05, 0) is 29.8 Å². The van der Waals surface area contributed by atoms with E-state index in [4.69, 9.17) is 10.00 Å². The molecule has 0 atom stereocenters. The minimum Gasteiger partial charge on any atom is -0.484 e. The lowest BCUT2D eigenvalue weighted by Gasteiger charge is -2.04. The summed E-state index contributed by atoms with van der Waals surface area (Å²) in [7, 11) is 0. The van der Waals surface area contributed by atoms with Crippen molar-refractivity contribution in [3.63, 3.8) is 0 Å². The highest BCUT2D eigenvalue weighted by molar-refractivity contribution is 5.83. The van der Waals surface area contributed by atoms with Crippen molar-refractivity contribution in [2.45, 2.75) is 0 Å². The Labute approximate surface area is 122 Å². The summed E-state index contributed by atoms with van der Waals surface area (Å²) in [6.07, 6.45) is 1.50. The van der Waals surface area contributed by atoms with Gasteiger partial charge in [0.1, 0.15) is 5.75 Å². The zero-order valence-corrected chi connectivity index (χ0v) is 11.2. The number of amides is 1. The lowest BCUT2D eigenvalue weighted by atomic mass is 10.2. The molecule has 0 saturated heterocycles. The van der Waals surface area contributed by atoms with Crippen LogP contribution in [-0.4, -0.2) is 18.7 Å². The Morgan fingerprint density at radius 2 is 1.90 bits per heavy atom. The monoisotopic (exact) mass is 279 g/mol. The lowest BCUT2D eigenvalue weighted by Crippen LogP contribution is -2.24. The Kier molecular flexibility index (Phi) is 5.07. The van der Waals surface area contributed by atoms with Crippen LogP contribution in [0, 0.1) is 11.3 Å². The quantitative estimate of drug-likeness (QED) is 0.672. The minimum absolute atomic E-state index is 0.102. The highest BCUT2D eigenvalue weighted by atomic mass is 16.5. The third-order valence-corrected chi connectivity index (χ3v) is 2.56. The highest BCUT2D eigenvalue weighted by Crippen LogP contribution is 2.07. The van der Waals surface area contributed by atoms with Crippen LogP contribution in [0.25, 0.3) is 0 Å². The fraction of sp³-hybridized carbons (Fsp3) is 0.0625. The fourth-order valence-corrected chi connectivity index (χ4v) is 1.52.